The molecule has 0 saturated carbocycles. The van der Waals surface area contributed by atoms with E-state index in [1.807, 2.05) is 24.3 Å². The van der Waals surface area contributed by atoms with E-state index in [1.165, 1.54) is 0 Å². The monoisotopic (exact) mass is 430 g/mol. The third-order valence-corrected chi connectivity index (χ3v) is 5.49. The second kappa shape index (κ2) is 9.82. The molecule has 0 fully saturated rings. The molecule has 0 bridgehead atoms. The van der Waals surface area contributed by atoms with Crippen LogP contribution in [0.2, 0.25) is 0 Å². The average Bonchev–Trinajstić information content (AvgIpc) is 2.73. The standard InChI is InChI=1S/C28H30O4/c1-17(2)15-19-13-14-20(16-18(3)4)26(22-10-6-8-12-24(22)28(31)32)25(19)21-9-5-7-11-23(21)27(29)30/h5-14,17-18H,15-16H2,1-4H3,(H,29,30)(H,31,32). The van der Waals surface area contributed by atoms with Gasteiger partial charge in [0.15, 0.2) is 0 Å². The van der Waals surface area contributed by atoms with Crippen molar-refractivity contribution in [3.8, 4) is 22.3 Å². The van der Waals surface area contributed by atoms with Gasteiger partial charge < -0.3 is 10.2 Å². The minimum atomic E-state index is -0.997. The molecule has 0 heterocycles. The first-order valence-electron chi connectivity index (χ1n) is 11.0. The van der Waals surface area contributed by atoms with Crippen molar-refractivity contribution in [2.75, 3.05) is 0 Å². The Kier molecular flexibility index (Phi) is 7.14. The van der Waals surface area contributed by atoms with Crippen LogP contribution in [-0.2, 0) is 12.8 Å². The summed E-state index contributed by atoms with van der Waals surface area (Å²) < 4.78 is 0. The van der Waals surface area contributed by atoms with Crippen molar-refractivity contribution in [3.63, 3.8) is 0 Å². The molecule has 166 valence electrons. The summed E-state index contributed by atoms with van der Waals surface area (Å²) >= 11 is 0. The van der Waals surface area contributed by atoms with Crippen LogP contribution >= 0.6 is 0 Å². The summed E-state index contributed by atoms with van der Waals surface area (Å²) in [5.74, 6) is -1.29. The van der Waals surface area contributed by atoms with Crippen LogP contribution in [0.4, 0.5) is 0 Å². The van der Waals surface area contributed by atoms with Crippen molar-refractivity contribution in [1.82, 2.24) is 0 Å². The Morgan fingerprint density at radius 2 is 0.969 bits per heavy atom. The van der Waals surface area contributed by atoms with Crippen molar-refractivity contribution in [2.45, 2.75) is 40.5 Å². The Morgan fingerprint density at radius 1 is 0.625 bits per heavy atom. The number of hydrogen-bond donors (Lipinski definition) is 2. The highest BCUT2D eigenvalue weighted by molar-refractivity contribution is 6.04. The van der Waals surface area contributed by atoms with E-state index in [2.05, 4.69) is 39.8 Å². The van der Waals surface area contributed by atoms with Crippen LogP contribution in [0.1, 0.15) is 59.5 Å². The molecule has 2 N–H and O–H groups in total. The quantitative estimate of drug-likeness (QED) is 0.411. The normalized spacial score (nSPS) is 11.2. The van der Waals surface area contributed by atoms with Crippen molar-refractivity contribution in [3.05, 3.63) is 82.9 Å². The molecule has 32 heavy (non-hydrogen) atoms. The topological polar surface area (TPSA) is 74.6 Å². The van der Waals surface area contributed by atoms with E-state index >= 15 is 0 Å². The maximum atomic E-state index is 12.1. The van der Waals surface area contributed by atoms with Gasteiger partial charge >= 0.3 is 11.9 Å². The number of carboxylic acids is 2. The van der Waals surface area contributed by atoms with E-state index in [1.54, 1.807) is 24.3 Å². The van der Waals surface area contributed by atoms with Crippen LogP contribution in [0, 0.1) is 11.8 Å². The first-order chi connectivity index (χ1) is 15.2. The lowest BCUT2D eigenvalue weighted by Crippen LogP contribution is -2.09. The van der Waals surface area contributed by atoms with E-state index < -0.39 is 11.9 Å². The second-order valence-electron chi connectivity index (χ2n) is 9.03. The molecule has 0 aromatic heterocycles. The molecular weight excluding hydrogens is 400 g/mol. The smallest absolute Gasteiger partial charge is 0.336 e. The first-order valence-corrected chi connectivity index (χ1v) is 11.0. The fourth-order valence-corrected chi connectivity index (χ4v) is 4.30. The van der Waals surface area contributed by atoms with E-state index in [4.69, 9.17) is 0 Å². The van der Waals surface area contributed by atoms with Gasteiger partial charge in [-0.05, 0) is 70.2 Å². The summed E-state index contributed by atoms with van der Waals surface area (Å²) in [6.07, 6.45) is 1.51. The summed E-state index contributed by atoms with van der Waals surface area (Å²) in [7, 11) is 0. The number of carbonyl (C=O) groups is 2. The van der Waals surface area contributed by atoms with Gasteiger partial charge in [-0.3, -0.25) is 0 Å². The number of benzene rings is 3. The lowest BCUT2D eigenvalue weighted by Gasteiger charge is -2.23. The summed E-state index contributed by atoms with van der Waals surface area (Å²) in [6.45, 7) is 8.50. The van der Waals surface area contributed by atoms with Crippen molar-refractivity contribution < 1.29 is 19.8 Å². The fourth-order valence-electron chi connectivity index (χ4n) is 4.30. The Bertz CT molecular complexity index is 1050. The second-order valence-corrected chi connectivity index (χ2v) is 9.03. The highest BCUT2D eigenvalue weighted by Crippen LogP contribution is 2.42. The minimum Gasteiger partial charge on any atom is -0.478 e. The van der Waals surface area contributed by atoms with E-state index in [0.717, 1.165) is 35.1 Å². The van der Waals surface area contributed by atoms with Gasteiger partial charge in [0.25, 0.3) is 0 Å². The highest BCUT2D eigenvalue weighted by Gasteiger charge is 2.24. The Balaban J connectivity index is 2.50. The molecule has 3 aromatic rings. The third-order valence-electron chi connectivity index (χ3n) is 5.49. The molecule has 3 rings (SSSR count). The van der Waals surface area contributed by atoms with E-state index in [-0.39, 0.29) is 11.1 Å². The first kappa shape index (κ1) is 23.3. The molecule has 0 aliphatic carbocycles. The van der Waals surface area contributed by atoms with Crippen LogP contribution in [0.25, 0.3) is 22.3 Å². The molecule has 0 saturated heterocycles. The molecule has 0 aliphatic rings. The number of rotatable bonds is 8. The largest absolute Gasteiger partial charge is 0.478 e. The molecule has 3 aromatic carbocycles. The van der Waals surface area contributed by atoms with Gasteiger partial charge in [-0.15, -0.1) is 0 Å². The molecule has 4 nitrogen and oxygen atoms in total. The number of carboxylic acid groups (broad SMARTS) is 2. The maximum absolute atomic E-state index is 12.1. The molecule has 0 amide bonds. The van der Waals surface area contributed by atoms with Crippen LogP contribution in [-0.4, -0.2) is 22.2 Å². The molecule has 0 aliphatic heterocycles. The van der Waals surface area contributed by atoms with Gasteiger partial charge in [0, 0.05) is 0 Å². The van der Waals surface area contributed by atoms with Crippen LogP contribution in [0.5, 0.6) is 0 Å². The van der Waals surface area contributed by atoms with Gasteiger partial charge in [-0.25, -0.2) is 9.59 Å². The lowest BCUT2D eigenvalue weighted by atomic mass is 9.80. The molecule has 0 unspecified atom stereocenters. The van der Waals surface area contributed by atoms with E-state index in [9.17, 15) is 19.8 Å². The SMILES string of the molecule is CC(C)Cc1ccc(CC(C)C)c(-c2ccccc2C(=O)O)c1-c1ccccc1C(=O)O. The van der Waals surface area contributed by atoms with Gasteiger partial charge in [-0.1, -0.05) is 76.2 Å². The predicted molar refractivity (Wildman–Crippen MR) is 128 cm³/mol. The lowest BCUT2D eigenvalue weighted by molar-refractivity contribution is 0.0686. The summed E-state index contributed by atoms with van der Waals surface area (Å²) in [4.78, 5) is 24.2. The zero-order valence-electron chi connectivity index (χ0n) is 19.1. The zero-order valence-corrected chi connectivity index (χ0v) is 19.1. The van der Waals surface area contributed by atoms with Gasteiger partial charge in [0.1, 0.15) is 0 Å². The van der Waals surface area contributed by atoms with Gasteiger partial charge in [0.2, 0.25) is 0 Å². The van der Waals surface area contributed by atoms with Crippen molar-refractivity contribution in [2.24, 2.45) is 11.8 Å². The fraction of sp³-hybridized carbons (Fsp3) is 0.286. The Labute approximate surface area is 189 Å². The van der Waals surface area contributed by atoms with Crippen LogP contribution < -0.4 is 0 Å². The Hall–Kier alpha value is -3.40. The highest BCUT2D eigenvalue weighted by atomic mass is 16.4. The van der Waals surface area contributed by atoms with E-state index in [0.29, 0.717) is 23.0 Å². The molecule has 0 atom stereocenters. The molecule has 4 heteroatoms. The number of aromatic carboxylic acids is 2. The van der Waals surface area contributed by atoms with Crippen LogP contribution in [0.15, 0.2) is 60.7 Å². The number of hydrogen-bond acceptors (Lipinski definition) is 2. The zero-order chi connectivity index (χ0) is 23.4. The average molecular weight is 431 g/mol. The molecular formula is C28H30O4. The van der Waals surface area contributed by atoms with Crippen molar-refractivity contribution >= 4 is 11.9 Å². The van der Waals surface area contributed by atoms with Gasteiger partial charge in [0.05, 0.1) is 11.1 Å². The summed E-state index contributed by atoms with van der Waals surface area (Å²) in [5, 5.41) is 19.8. The molecule has 0 radical (unpaired) electrons. The van der Waals surface area contributed by atoms with Crippen molar-refractivity contribution in [1.29, 1.82) is 0 Å². The minimum absolute atomic E-state index is 0.216. The summed E-state index contributed by atoms with van der Waals surface area (Å²) in [6, 6.07) is 18.2. The molecule has 0 spiro atoms. The Morgan fingerprint density at radius 3 is 1.28 bits per heavy atom. The predicted octanol–water partition coefficient (Wildman–Crippen LogP) is 6.81. The van der Waals surface area contributed by atoms with Gasteiger partial charge in [-0.2, -0.15) is 0 Å². The summed E-state index contributed by atoms with van der Waals surface area (Å²) in [5.41, 5.74) is 5.37. The maximum Gasteiger partial charge on any atom is 0.336 e. The third kappa shape index (κ3) is 4.91. The van der Waals surface area contributed by atoms with Crippen LogP contribution in [0.3, 0.4) is 0 Å².